The predicted molar refractivity (Wildman–Crippen MR) is 75.0 cm³/mol. The Bertz CT molecular complexity index is 559. The molecule has 0 bridgehead atoms. The maximum absolute atomic E-state index is 12.1. The molecular weight excluding hydrogens is 256 g/mol. The number of H-pyrrole nitrogens is 1. The van der Waals surface area contributed by atoms with Crippen molar-refractivity contribution in [2.75, 3.05) is 13.2 Å². The highest BCUT2D eigenvalue weighted by Gasteiger charge is 2.19. The van der Waals surface area contributed by atoms with Crippen LogP contribution in [0.1, 0.15) is 47.3 Å². The van der Waals surface area contributed by atoms with E-state index in [-0.39, 0.29) is 23.1 Å². The molecule has 2 heterocycles. The fourth-order valence-corrected chi connectivity index (χ4v) is 3.00. The third-order valence-electron chi connectivity index (χ3n) is 4.11. The molecule has 2 aliphatic rings. The maximum atomic E-state index is 12.1. The van der Waals surface area contributed by atoms with Crippen molar-refractivity contribution < 1.29 is 9.53 Å². The lowest BCUT2D eigenvalue weighted by Crippen LogP contribution is -2.32. The van der Waals surface area contributed by atoms with Gasteiger partial charge in [0.25, 0.3) is 11.5 Å². The molecule has 3 rings (SSSR count). The van der Waals surface area contributed by atoms with Gasteiger partial charge in [-0.25, -0.2) is 0 Å². The zero-order chi connectivity index (χ0) is 13.9. The highest BCUT2D eigenvalue weighted by Crippen LogP contribution is 2.19. The molecule has 1 saturated heterocycles. The number of carbonyl (C=O) groups is 1. The standard InChI is InChI=1S/C15H20N2O3/c18-14(16-7-6-11-4-2-8-20-11)12-9-10-3-1-5-13(10)17-15(12)19/h9,11H,1-8H2,(H,16,18)(H,17,19)/t11-/m1/s1. The normalized spacial score (nSPS) is 20.9. The summed E-state index contributed by atoms with van der Waals surface area (Å²) in [5.74, 6) is -0.279. The fourth-order valence-electron chi connectivity index (χ4n) is 3.00. The van der Waals surface area contributed by atoms with Crippen molar-refractivity contribution in [1.82, 2.24) is 10.3 Å². The summed E-state index contributed by atoms with van der Waals surface area (Å²) in [6.07, 6.45) is 6.14. The van der Waals surface area contributed by atoms with Gasteiger partial charge in [-0.3, -0.25) is 9.59 Å². The van der Waals surface area contributed by atoms with Crippen molar-refractivity contribution in [1.29, 1.82) is 0 Å². The second-order valence-corrected chi connectivity index (χ2v) is 5.55. The van der Waals surface area contributed by atoms with Gasteiger partial charge in [-0.1, -0.05) is 0 Å². The van der Waals surface area contributed by atoms with Gasteiger partial charge in [0.15, 0.2) is 0 Å². The topological polar surface area (TPSA) is 71.2 Å². The van der Waals surface area contributed by atoms with E-state index in [1.807, 2.05) is 0 Å². The van der Waals surface area contributed by atoms with Crippen LogP contribution in [0.2, 0.25) is 0 Å². The number of ether oxygens (including phenoxy) is 1. The number of aryl methyl sites for hydroxylation is 2. The Morgan fingerprint density at radius 3 is 3.10 bits per heavy atom. The molecule has 1 aromatic rings. The first kappa shape index (κ1) is 13.4. The van der Waals surface area contributed by atoms with E-state index in [1.165, 1.54) is 0 Å². The van der Waals surface area contributed by atoms with E-state index >= 15 is 0 Å². The second-order valence-electron chi connectivity index (χ2n) is 5.55. The van der Waals surface area contributed by atoms with Gasteiger partial charge in [0.1, 0.15) is 5.56 Å². The number of nitrogens with one attached hydrogen (secondary N) is 2. The zero-order valence-corrected chi connectivity index (χ0v) is 11.5. The van der Waals surface area contributed by atoms with Gasteiger partial charge in [-0.2, -0.15) is 0 Å². The summed E-state index contributed by atoms with van der Waals surface area (Å²) in [5, 5.41) is 2.82. The molecule has 0 radical (unpaired) electrons. The second kappa shape index (κ2) is 5.79. The van der Waals surface area contributed by atoms with E-state index in [0.717, 1.165) is 56.4 Å². The van der Waals surface area contributed by atoms with Crippen LogP contribution in [0.15, 0.2) is 10.9 Å². The molecule has 0 aromatic carbocycles. The third-order valence-corrected chi connectivity index (χ3v) is 4.11. The third kappa shape index (κ3) is 2.77. The van der Waals surface area contributed by atoms with Crippen LogP contribution < -0.4 is 10.9 Å². The van der Waals surface area contributed by atoms with Gasteiger partial charge in [0.05, 0.1) is 6.10 Å². The largest absolute Gasteiger partial charge is 0.378 e. The predicted octanol–water partition coefficient (Wildman–Crippen LogP) is 1.16. The molecule has 1 aliphatic carbocycles. The average molecular weight is 276 g/mol. The molecule has 0 saturated carbocycles. The van der Waals surface area contributed by atoms with Crippen LogP contribution in [0, 0.1) is 0 Å². The zero-order valence-electron chi connectivity index (χ0n) is 11.5. The van der Waals surface area contributed by atoms with E-state index in [0.29, 0.717) is 6.54 Å². The van der Waals surface area contributed by atoms with Crippen LogP contribution in [-0.4, -0.2) is 30.1 Å². The van der Waals surface area contributed by atoms with Gasteiger partial charge < -0.3 is 15.0 Å². The van der Waals surface area contributed by atoms with Crippen LogP contribution in [0.3, 0.4) is 0 Å². The van der Waals surface area contributed by atoms with Crippen molar-refractivity contribution in [3.05, 3.63) is 33.2 Å². The van der Waals surface area contributed by atoms with Crippen LogP contribution >= 0.6 is 0 Å². The molecule has 0 unspecified atom stereocenters. The summed E-state index contributed by atoms with van der Waals surface area (Å²) in [5.41, 5.74) is 2.05. The Morgan fingerprint density at radius 2 is 2.30 bits per heavy atom. The van der Waals surface area contributed by atoms with Gasteiger partial charge in [-0.05, 0) is 50.2 Å². The minimum atomic E-state index is -0.279. The lowest BCUT2D eigenvalue weighted by molar-refractivity contribution is 0.0906. The lowest BCUT2D eigenvalue weighted by Gasteiger charge is -2.10. The number of fused-ring (bicyclic) bond motifs is 1. The minimum Gasteiger partial charge on any atom is -0.378 e. The van der Waals surface area contributed by atoms with Crippen molar-refractivity contribution >= 4 is 5.91 Å². The number of pyridine rings is 1. The van der Waals surface area contributed by atoms with E-state index in [4.69, 9.17) is 4.74 Å². The van der Waals surface area contributed by atoms with Crippen LogP contribution in [0.5, 0.6) is 0 Å². The minimum absolute atomic E-state index is 0.234. The molecular formula is C15H20N2O3. The van der Waals surface area contributed by atoms with E-state index in [2.05, 4.69) is 10.3 Å². The monoisotopic (exact) mass is 276 g/mol. The summed E-state index contributed by atoms with van der Waals surface area (Å²) >= 11 is 0. The number of hydrogen-bond donors (Lipinski definition) is 2. The fraction of sp³-hybridized carbons (Fsp3) is 0.600. The Labute approximate surface area is 117 Å². The molecule has 1 fully saturated rings. The summed E-state index contributed by atoms with van der Waals surface area (Å²) < 4.78 is 5.51. The number of aromatic nitrogens is 1. The average Bonchev–Trinajstić information content (AvgIpc) is 3.08. The molecule has 5 nitrogen and oxygen atoms in total. The summed E-state index contributed by atoms with van der Waals surface area (Å²) in [6.45, 7) is 1.38. The smallest absolute Gasteiger partial charge is 0.261 e. The van der Waals surface area contributed by atoms with Crippen LogP contribution in [0.25, 0.3) is 0 Å². The first-order valence-corrected chi connectivity index (χ1v) is 7.39. The van der Waals surface area contributed by atoms with Crippen molar-refractivity contribution in [3.8, 4) is 0 Å². The number of carbonyl (C=O) groups excluding carboxylic acids is 1. The number of hydrogen-bond acceptors (Lipinski definition) is 3. The lowest BCUT2D eigenvalue weighted by atomic mass is 10.1. The summed E-state index contributed by atoms with van der Waals surface area (Å²) in [4.78, 5) is 26.8. The molecule has 0 spiro atoms. The Morgan fingerprint density at radius 1 is 1.40 bits per heavy atom. The van der Waals surface area contributed by atoms with Crippen molar-refractivity contribution in [3.63, 3.8) is 0 Å². The van der Waals surface area contributed by atoms with Gasteiger partial charge in [-0.15, -0.1) is 0 Å². The Kier molecular flexibility index (Phi) is 3.87. The Balaban J connectivity index is 1.60. The molecule has 2 N–H and O–H groups in total. The van der Waals surface area contributed by atoms with Gasteiger partial charge >= 0.3 is 0 Å². The maximum Gasteiger partial charge on any atom is 0.261 e. The van der Waals surface area contributed by atoms with Gasteiger partial charge in [0.2, 0.25) is 0 Å². The molecule has 5 heteroatoms. The molecule has 1 aliphatic heterocycles. The van der Waals surface area contributed by atoms with E-state index in [1.54, 1.807) is 6.07 Å². The number of aromatic amines is 1. The molecule has 1 amide bonds. The number of rotatable bonds is 4. The van der Waals surface area contributed by atoms with Crippen molar-refractivity contribution in [2.24, 2.45) is 0 Å². The highest BCUT2D eigenvalue weighted by atomic mass is 16.5. The Hall–Kier alpha value is -1.62. The summed E-state index contributed by atoms with van der Waals surface area (Å²) in [7, 11) is 0. The van der Waals surface area contributed by atoms with Crippen molar-refractivity contribution in [2.45, 2.75) is 44.6 Å². The SMILES string of the molecule is O=C(NCC[C@H]1CCCO1)c1cc2c([nH]c1=O)CCC2. The van der Waals surface area contributed by atoms with E-state index in [9.17, 15) is 9.59 Å². The van der Waals surface area contributed by atoms with Gasteiger partial charge in [0, 0.05) is 18.8 Å². The molecule has 108 valence electrons. The first-order valence-electron chi connectivity index (χ1n) is 7.39. The number of amides is 1. The molecule has 1 aromatic heterocycles. The quantitative estimate of drug-likeness (QED) is 0.867. The highest BCUT2D eigenvalue weighted by molar-refractivity contribution is 5.94. The van der Waals surface area contributed by atoms with Crippen LogP contribution in [-0.2, 0) is 17.6 Å². The molecule has 20 heavy (non-hydrogen) atoms. The molecule has 1 atom stereocenters. The van der Waals surface area contributed by atoms with E-state index < -0.39 is 0 Å². The first-order chi connectivity index (χ1) is 9.74. The summed E-state index contributed by atoms with van der Waals surface area (Å²) in [6, 6.07) is 1.75. The van der Waals surface area contributed by atoms with Crippen LogP contribution in [0.4, 0.5) is 0 Å².